The molecule has 21 heavy (non-hydrogen) atoms. The Morgan fingerprint density at radius 1 is 0.952 bits per heavy atom. The molecule has 0 aromatic heterocycles. The first-order valence-electron chi connectivity index (χ1n) is 5.49. The molecule has 0 fully saturated rings. The average molecular weight is 301 g/mol. The lowest BCUT2D eigenvalue weighted by molar-refractivity contribution is -0.192. The number of carboxylic acids is 1. The number of rotatable bonds is 1. The molecule has 0 aliphatic carbocycles. The highest BCUT2D eigenvalue weighted by Crippen LogP contribution is 2.18. The molecule has 0 aliphatic rings. The number of benzene rings is 2. The number of anilines is 1. The van der Waals surface area contributed by atoms with Gasteiger partial charge in [-0.3, -0.25) is 5.32 Å². The summed E-state index contributed by atoms with van der Waals surface area (Å²) in [4.78, 5) is 19.3. The maximum absolute atomic E-state index is 10.6. The number of fused-ring (bicyclic) bond motifs is 1. The number of alkyl halides is 3. The predicted molar refractivity (Wildman–Crippen MR) is 69.3 cm³/mol. The van der Waals surface area contributed by atoms with E-state index in [9.17, 15) is 18.0 Å². The standard InChI is InChI=1S/C11H9NO2.C2HF3O2/c13-11(14)12-10-6-5-8-3-1-2-4-9(8)7-10;3-2(4,5)1(6)7/h1-7,12H,(H,13,14);(H,6,7). The number of aliphatic carboxylic acids is 1. The molecule has 0 aliphatic heterocycles. The number of carbonyl (C=O) groups is 2. The summed E-state index contributed by atoms with van der Waals surface area (Å²) < 4.78 is 31.7. The molecule has 5 nitrogen and oxygen atoms in total. The molecule has 3 N–H and O–H groups in total. The molecule has 0 bridgehead atoms. The molecule has 2 aromatic rings. The molecule has 2 aromatic carbocycles. The Kier molecular flexibility index (Phi) is 5.12. The van der Waals surface area contributed by atoms with Crippen molar-refractivity contribution in [2.45, 2.75) is 6.18 Å². The largest absolute Gasteiger partial charge is 0.490 e. The van der Waals surface area contributed by atoms with E-state index in [0.717, 1.165) is 10.8 Å². The van der Waals surface area contributed by atoms with Crippen molar-refractivity contribution in [3.8, 4) is 0 Å². The summed E-state index contributed by atoms with van der Waals surface area (Å²) in [5, 5.41) is 20.1. The third-order valence-electron chi connectivity index (χ3n) is 2.24. The molecule has 112 valence electrons. The van der Waals surface area contributed by atoms with Crippen LogP contribution in [0.25, 0.3) is 10.8 Å². The Labute approximate surface area is 116 Å². The second-order valence-corrected chi connectivity index (χ2v) is 3.79. The summed E-state index contributed by atoms with van der Waals surface area (Å²) in [5.74, 6) is -2.76. The second-order valence-electron chi connectivity index (χ2n) is 3.79. The van der Waals surface area contributed by atoms with Crippen LogP contribution < -0.4 is 5.32 Å². The Bertz CT molecular complexity index is 655. The van der Waals surface area contributed by atoms with E-state index in [0.29, 0.717) is 5.69 Å². The van der Waals surface area contributed by atoms with Crippen molar-refractivity contribution in [1.82, 2.24) is 0 Å². The summed E-state index contributed by atoms with van der Waals surface area (Å²) >= 11 is 0. The summed E-state index contributed by atoms with van der Waals surface area (Å²) in [5.41, 5.74) is 0.594. The average Bonchev–Trinajstić information content (AvgIpc) is 2.37. The molecular formula is C13H10F3NO4. The van der Waals surface area contributed by atoms with Crippen LogP contribution >= 0.6 is 0 Å². The number of hydrogen-bond acceptors (Lipinski definition) is 2. The topological polar surface area (TPSA) is 86.6 Å². The van der Waals surface area contributed by atoms with Crippen LogP contribution in [0.4, 0.5) is 23.7 Å². The van der Waals surface area contributed by atoms with Crippen molar-refractivity contribution >= 4 is 28.5 Å². The van der Waals surface area contributed by atoms with Crippen LogP contribution in [0.5, 0.6) is 0 Å². The number of carboxylic acid groups (broad SMARTS) is 2. The lowest BCUT2D eigenvalue weighted by Crippen LogP contribution is -2.21. The van der Waals surface area contributed by atoms with Gasteiger partial charge in [0, 0.05) is 5.69 Å². The van der Waals surface area contributed by atoms with Gasteiger partial charge in [0.25, 0.3) is 0 Å². The first kappa shape index (κ1) is 16.3. The first-order chi connectivity index (χ1) is 9.70. The fraction of sp³-hybridized carbons (Fsp3) is 0.0769. The van der Waals surface area contributed by atoms with Gasteiger partial charge >= 0.3 is 18.2 Å². The van der Waals surface area contributed by atoms with Crippen molar-refractivity contribution in [2.75, 3.05) is 5.32 Å². The minimum atomic E-state index is -5.08. The summed E-state index contributed by atoms with van der Waals surface area (Å²) in [7, 11) is 0. The summed E-state index contributed by atoms with van der Waals surface area (Å²) in [6.07, 6.45) is -6.12. The van der Waals surface area contributed by atoms with E-state index in [4.69, 9.17) is 15.0 Å². The highest BCUT2D eigenvalue weighted by molar-refractivity contribution is 5.90. The van der Waals surface area contributed by atoms with Crippen LogP contribution in [-0.4, -0.2) is 28.5 Å². The minimum absolute atomic E-state index is 0.594. The Morgan fingerprint density at radius 2 is 1.48 bits per heavy atom. The van der Waals surface area contributed by atoms with Crippen molar-refractivity contribution in [2.24, 2.45) is 0 Å². The molecule has 0 spiro atoms. The van der Waals surface area contributed by atoms with Crippen LogP contribution in [0.2, 0.25) is 0 Å². The van der Waals surface area contributed by atoms with Gasteiger partial charge in [-0.25, -0.2) is 9.59 Å². The quantitative estimate of drug-likeness (QED) is 0.751. The minimum Gasteiger partial charge on any atom is -0.475 e. The SMILES string of the molecule is O=C(O)C(F)(F)F.O=C(O)Nc1ccc2ccccc2c1. The van der Waals surface area contributed by atoms with Crippen LogP contribution in [0.15, 0.2) is 42.5 Å². The number of nitrogens with one attached hydrogen (secondary N) is 1. The van der Waals surface area contributed by atoms with Crippen molar-refractivity contribution in [1.29, 1.82) is 0 Å². The smallest absolute Gasteiger partial charge is 0.475 e. The molecule has 1 amide bonds. The van der Waals surface area contributed by atoms with E-state index >= 15 is 0 Å². The van der Waals surface area contributed by atoms with Crippen LogP contribution in [0.3, 0.4) is 0 Å². The van der Waals surface area contributed by atoms with Gasteiger partial charge in [0.05, 0.1) is 0 Å². The van der Waals surface area contributed by atoms with Crippen molar-refractivity contribution in [3.63, 3.8) is 0 Å². The Morgan fingerprint density at radius 3 is 1.95 bits per heavy atom. The monoisotopic (exact) mass is 301 g/mol. The van der Waals surface area contributed by atoms with Gasteiger partial charge < -0.3 is 10.2 Å². The first-order valence-corrected chi connectivity index (χ1v) is 5.49. The third-order valence-corrected chi connectivity index (χ3v) is 2.24. The van der Waals surface area contributed by atoms with Gasteiger partial charge in [0.2, 0.25) is 0 Å². The Balaban J connectivity index is 0.000000270. The van der Waals surface area contributed by atoms with Gasteiger partial charge in [-0.1, -0.05) is 30.3 Å². The normalized spacial score (nSPS) is 10.4. The van der Waals surface area contributed by atoms with Crippen LogP contribution in [0.1, 0.15) is 0 Å². The zero-order valence-electron chi connectivity index (χ0n) is 10.4. The maximum Gasteiger partial charge on any atom is 0.490 e. The summed E-state index contributed by atoms with van der Waals surface area (Å²) in [6.45, 7) is 0. The number of amides is 1. The zero-order chi connectivity index (χ0) is 16.0. The maximum atomic E-state index is 10.6. The number of halogens is 3. The highest BCUT2D eigenvalue weighted by atomic mass is 19.4. The van der Waals surface area contributed by atoms with E-state index in [1.807, 2.05) is 36.4 Å². The lowest BCUT2D eigenvalue weighted by Gasteiger charge is -2.02. The van der Waals surface area contributed by atoms with E-state index in [-0.39, 0.29) is 0 Å². The molecule has 0 unspecified atom stereocenters. The molecule has 2 rings (SSSR count). The predicted octanol–water partition coefficient (Wildman–Crippen LogP) is 3.56. The zero-order valence-corrected chi connectivity index (χ0v) is 10.4. The van der Waals surface area contributed by atoms with Crippen molar-refractivity contribution in [3.05, 3.63) is 42.5 Å². The van der Waals surface area contributed by atoms with E-state index in [1.54, 1.807) is 6.07 Å². The van der Waals surface area contributed by atoms with Gasteiger partial charge in [0.15, 0.2) is 0 Å². The van der Waals surface area contributed by atoms with Crippen molar-refractivity contribution < 1.29 is 33.0 Å². The lowest BCUT2D eigenvalue weighted by atomic mass is 10.1. The van der Waals surface area contributed by atoms with Gasteiger partial charge in [-0.2, -0.15) is 13.2 Å². The molecule has 8 heteroatoms. The molecule has 0 atom stereocenters. The number of hydrogen-bond donors (Lipinski definition) is 3. The van der Waals surface area contributed by atoms with E-state index < -0.39 is 18.2 Å². The fourth-order valence-electron chi connectivity index (χ4n) is 1.39. The van der Waals surface area contributed by atoms with E-state index in [1.165, 1.54) is 0 Å². The van der Waals surface area contributed by atoms with Gasteiger partial charge in [-0.05, 0) is 22.9 Å². The molecule has 0 heterocycles. The highest BCUT2D eigenvalue weighted by Gasteiger charge is 2.38. The van der Waals surface area contributed by atoms with E-state index in [2.05, 4.69) is 5.32 Å². The van der Waals surface area contributed by atoms with Gasteiger partial charge in [-0.15, -0.1) is 0 Å². The second kappa shape index (κ2) is 6.60. The van der Waals surface area contributed by atoms with Gasteiger partial charge in [0.1, 0.15) is 0 Å². The molecule has 0 radical (unpaired) electrons. The molecule has 0 saturated heterocycles. The fourth-order valence-corrected chi connectivity index (χ4v) is 1.39. The van der Waals surface area contributed by atoms with Crippen LogP contribution in [-0.2, 0) is 4.79 Å². The molecule has 0 saturated carbocycles. The third kappa shape index (κ3) is 5.39. The van der Waals surface area contributed by atoms with Crippen LogP contribution in [0, 0.1) is 0 Å². The molecular weight excluding hydrogens is 291 g/mol. The Hall–Kier alpha value is -2.77. The summed E-state index contributed by atoms with van der Waals surface area (Å²) in [6, 6.07) is 13.3.